The Kier molecular flexibility index (Phi) is 6.91. The highest BCUT2D eigenvalue weighted by Gasteiger charge is 2.18. The molecule has 1 aliphatic heterocycles. The summed E-state index contributed by atoms with van der Waals surface area (Å²) in [7, 11) is 0. The van der Waals surface area contributed by atoms with Crippen molar-refractivity contribution in [3.8, 4) is 17.2 Å². The first-order valence-corrected chi connectivity index (χ1v) is 10.9. The number of fused-ring (bicyclic) bond motifs is 1. The molecule has 34 heavy (non-hydrogen) atoms. The molecule has 0 aliphatic carbocycles. The van der Waals surface area contributed by atoms with E-state index in [-0.39, 0.29) is 18.6 Å². The average molecular weight is 463 g/mol. The number of nitrogens with zero attached hydrogens (tertiary/aromatic N) is 2. The number of Topliss-reactive ketones (excluding diaryl/α,β-unsaturated/α-hetero) is 1. The van der Waals surface area contributed by atoms with E-state index in [9.17, 15) is 14.4 Å². The lowest BCUT2D eigenvalue weighted by molar-refractivity contribution is -0.147. The van der Waals surface area contributed by atoms with Gasteiger partial charge in [0.2, 0.25) is 0 Å². The zero-order valence-electron chi connectivity index (χ0n) is 19.0. The Morgan fingerprint density at radius 1 is 1.00 bits per heavy atom. The van der Waals surface area contributed by atoms with Crippen molar-refractivity contribution in [2.75, 3.05) is 25.1 Å². The van der Waals surface area contributed by atoms with Crippen LogP contribution in [0.2, 0.25) is 0 Å². The summed E-state index contributed by atoms with van der Waals surface area (Å²) in [5, 5.41) is 7.22. The first-order chi connectivity index (χ1) is 16.4. The number of para-hydroxylation sites is 1. The molecule has 176 valence electrons. The van der Waals surface area contributed by atoms with Crippen molar-refractivity contribution in [3.05, 3.63) is 65.5 Å². The Morgan fingerprint density at radius 2 is 1.74 bits per heavy atom. The minimum Gasteiger partial charge on any atom is -0.486 e. The quantitative estimate of drug-likeness (QED) is 0.403. The number of anilines is 1. The highest BCUT2D eigenvalue weighted by Crippen LogP contribution is 2.31. The molecule has 0 saturated carbocycles. The van der Waals surface area contributed by atoms with Crippen LogP contribution in [0, 0.1) is 13.8 Å². The van der Waals surface area contributed by atoms with Crippen LogP contribution in [0.25, 0.3) is 5.69 Å². The van der Waals surface area contributed by atoms with Gasteiger partial charge in [-0.3, -0.25) is 14.4 Å². The molecule has 1 amide bonds. The molecule has 0 atom stereocenters. The van der Waals surface area contributed by atoms with Gasteiger partial charge in [-0.25, -0.2) is 4.68 Å². The normalized spacial score (nSPS) is 12.2. The van der Waals surface area contributed by atoms with Crippen LogP contribution in [-0.2, 0) is 14.3 Å². The lowest BCUT2D eigenvalue weighted by atomic mass is 10.1. The van der Waals surface area contributed by atoms with Crippen LogP contribution >= 0.6 is 0 Å². The third-order valence-electron chi connectivity index (χ3n) is 5.34. The SMILES string of the molecule is Cc1nn(-c2ccccc2)c(C)c1NC(=O)COC(=O)CCC(=O)c1ccc2c(c1)OCCO2. The van der Waals surface area contributed by atoms with Gasteiger partial charge in [0.15, 0.2) is 23.9 Å². The third-order valence-corrected chi connectivity index (χ3v) is 5.34. The number of hydrogen-bond donors (Lipinski definition) is 1. The zero-order chi connectivity index (χ0) is 24.1. The second kappa shape index (κ2) is 10.2. The molecule has 1 aliphatic rings. The van der Waals surface area contributed by atoms with Gasteiger partial charge in [-0.15, -0.1) is 0 Å². The highest BCUT2D eigenvalue weighted by molar-refractivity contribution is 5.98. The Bertz CT molecular complexity index is 1220. The predicted molar refractivity (Wildman–Crippen MR) is 124 cm³/mol. The molecule has 3 aromatic rings. The van der Waals surface area contributed by atoms with E-state index in [1.807, 2.05) is 37.3 Å². The van der Waals surface area contributed by atoms with Gasteiger partial charge in [-0.2, -0.15) is 5.10 Å². The summed E-state index contributed by atoms with van der Waals surface area (Å²) in [5.74, 6) is -0.233. The number of aryl methyl sites for hydroxylation is 1. The van der Waals surface area contributed by atoms with Crippen LogP contribution in [0.4, 0.5) is 5.69 Å². The molecular weight excluding hydrogens is 438 g/mol. The van der Waals surface area contributed by atoms with Crippen molar-refractivity contribution in [2.24, 2.45) is 0 Å². The number of ketones is 1. The van der Waals surface area contributed by atoms with Gasteiger partial charge >= 0.3 is 5.97 Å². The predicted octanol–water partition coefficient (Wildman–Crippen LogP) is 3.41. The van der Waals surface area contributed by atoms with Gasteiger partial charge in [0, 0.05) is 12.0 Å². The van der Waals surface area contributed by atoms with Crippen LogP contribution in [0.5, 0.6) is 11.5 Å². The van der Waals surface area contributed by atoms with Gasteiger partial charge in [-0.05, 0) is 44.2 Å². The summed E-state index contributed by atoms with van der Waals surface area (Å²) in [5.41, 5.74) is 3.27. The number of benzene rings is 2. The highest BCUT2D eigenvalue weighted by atomic mass is 16.6. The van der Waals surface area contributed by atoms with Gasteiger partial charge in [-0.1, -0.05) is 18.2 Å². The topological polar surface area (TPSA) is 109 Å². The van der Waals surface area contributed by atoms with E-state index in [2.05, 4.69) is 10.4 Å². The number of carbonyl (C=O) groups is 3. The van der Waals surface area contributed by atoms with Gasteiger partial charge in [0.25, 0.3) is 5.91 Å². The van der Waals surface area contributed by atoms with Crippen LogP contribution in [0.1, 0.15) is 34.6 Å². The average Bonchev–Trinajstić information content (AvgIpc) is 3.14. The molecule has 4 rings (SSSR count). The largest absolute Gasteiger partial charge is 0.486 e. The monoisotopic (exact) mass is 463 g/mol. The van der Waals surface area contributed by atoms with E-state index in [0.717, 1.165) is 11.4 Å². The molecule has 0 spiro atoms. The van der Waals surface area contributed by atoms with Gasteiger partial charge in [0.05, 0.1) is 29.2 Å². The molecule has 9 nitrogen and oxygen atoms in total. The molecule has 1 aromatic heterocycles. The Balaban J connectivity index is 1.26. The van der Waals surface area contributed by atoms with Crippen LogP contribution < -0.4 is 14.8 Å². The third kappa shape index (κ3) is 5.25. The molecule has 0 radical (unpaired) electrons. The number of nitrogens with one attached hydrogen (secondary N) is 1. The van der Waals surface area contributed by atoms with Crippen molar-refractivity contribution >= 4 is 23.3 Å². The van der Waals surface area contributed by atoms with E-state index in [4.69, 9.17) is 14.2 Å². The molecule has 0 bridgehead atoms. The van der Waals surface area contributed by atoms with Gasteiger partial charge < -0.3 is 19.5 Å². The Morgan fingerprint density at radius 3 is 2.50 bits per heavy atom. The van der Waals surface area contributed by atoms with E-state index in [1.165, 1.54) is 0 Å². The van der Waals surface area contributed by atoms with Gasteiger partial charge in [0.1, 0.15) is 13.2 Å². The van der Waals surface area contributed by atoms with Crippen molar-refractivity contribution in [3.63, 3.8) is 0 Å². The summed E-state index contributed by atoms with van der Waals surface area (Å²) < 4.78 is 17.7. The first kappa shape index (κ1) is 23.0. The van der Waals surface area contributed by atoms with Crippen LogP contribution in [0.3, 0.4) is 0 Å². The minimum atomic E-state index is -0.630. The smallest absolute Gasteiger partial charge is 0.306 e. The van der Waals surface area contributed by atoms with Crippen LogP contribution in [0.15, 0.2) is 48.5 Å². The molecule has 2 heterocycles. The maximum absolute atomic E-state index is 12.4. The molecule has 0 fully saturated rings. The lowest BCUT2D eigenvalue weighted by Gasteiger charge is -2.18. The van der Waals surface area contributed by atoms with Crippen molar-refractivity contribution in [1.82, 2.24) is 9.78 Å². The summed E-state index contributed by atoms with van der Waals surface area (Å²) in [6.07, 6.45) is -0.174. The van der Waals surface area contributed by atoms with Crippen LogP contribution in [-0.4, -0.2) is 47.3 Å². The number of hydrogen-bond acceptors (Lipinski definition) is 7. The van der Waals surface area contributed by atoms with E-state index < -0.39 is 18.5 Å². The lowest BCUT2D eigenvalue weighted by Crippen LogP contribution is -2.21. The Hall–Kier alpha value is -4.14. The summed E-state index contributed by atoms with van der Waals surface area (Å²) in [6, 6.07) is 14.5. The second-order valence-corrected chi connectivity index (χ2v) is 7.78. The van der Waals surface area contributed by atoms with E-state index in [0.29, 0.717) is 41.7 Å². The molecular formula is C25H25N3O6. The number of amides is 1. The number of aromatic nitrogens is 2. The number of carbonyl (C=O) groups excluding carboxylic acids is 3. The minimum absolute atomic E-state index is 0.0395. The Labute approximate surface area is 196 Å². The molecule has 2 aromatic carbocycles. The summed E-state index contributed by atoms with van der Waals surface area (Å²) >= 11 is 0. The number of esters is 1. The van der Waals surface area contributed by atoms with E-state index in [1.54, 1.807) is 29.8 Å². The van der Waals surface area contributed by atoms with Crippen molar-refractivity contribution in [1.29, 1.82) is 0 Å². The van der Waals surface area contributed by atoms with Crippen molar-refractivity contribution in [2.45, 2.75) is 26.7 Å². The van der Waals surface area contributed by atoms with E-state index >= 15 is 0 Å². The fourth-order valence-electron chi connectivity index (χ4n) is 3.61. The molecule has 1 N–H and O–H groups in total. The fraction of sp³-hybridized carbons (Fsp3) is 0.280. The molecule has 0 unspecified atom stereocenters. The fourth-order valence-corrected chi connectivity index (χ4v) is 3.61. The number of ether oxygens (including phenoxy) is 3. The molecule has 0 saturated heterocycles. The first-order valence-electron chi connectivity index (χ1n) is 10.9. The zero-order valence-corrected chi connectivity index (χ0v) is 19.0. The van der Waals surface area contributed by atoms with Crippen molar-refractivity contribution < 1.29 is 28.6 Å². The standard InChI is InChI=1S/C25H25N3O6/c1-16-25(17(2)28(27-16)19-6-4-3-5-7-19)26-23(30)15-34-24(31)11-9-20(29)18-8-10-21-22(14-18)33-13-12-32-21/h3-8,10,14H,9,11-13,15H2,1-2H3,(H,26,30). The maximum atomic E-state index is 12.4. The maximum Gasteiger partial charge on any atom is 0.306 e. The number of rotatable bonds is 8. The summed E-state index contributed by atoms with van der Waals surface area (Å²) in [6.45, 7) is 4.07. The summed E-state index contributed by atoms with van der Waals surface area (Å²) in [4.78, 5) is 36.8. The molecule has 9 heteroatoms. The second-order valence-electron chi connectivity index (χ2n) is 7.78.